The number of carbonyl (C=O) groups is 3. The van der Waals surface area contributed by atoms with Gasteiger partial charge in [0.25, 0.3) is 0 Å². The summed E-state index contributed by atoms with van der Waals surface area (Å²) in [6.45, 7) is -0.432. The molecule has 3 aromatic carbocycles. The molecular weight excluding hydrogens is 462 g/mol. The lowest BCUT2D eigenvalue weighted by molar-refractivity contribution is -0.142. The molecule has 1 amide bonds. The molecule has 1 heterocycles. The first-order valence-corrected chi connectivity index (χ1v) is 11.0. The molecule has 9 heteroatoms. The Balaban J connectivity index is 1.97. The van der Waals surface area contributed by atoms with Crippen molar-refractivity contribution in [2.75, 3.05) is 26.2 Å². The van der Waals surface area contributed by atoms with E-state index >= 15 is 0 Å². The number of ether oxygens (including phenoxy) is 2. The molecule has 4 rings (SSSR count). The number of fused-ring (bicyclic) bond motifs is 1. The van der Waals surface area contributed by atoms with E-state index in [0.717, 1.165) is 5.01 Å². The van der Waals surface area contributed by atoms with Gasteiger partial charge < -0.3 is 14.6 Å². The fourth-order valence-corrected chi connectivity index (χ4v) is 3.68. The molecule has 0 fully saturated rings. The molecule has 0 spiro atoms. The van der Waals surface area contributed by atoms with E-state index in [4.69, 9.17) is 14.5 Å². The van der Waals surface area contributed by atoms with E-state index in [1.54, 1.807) is 42.5 Å². The van der Waals surface area contributed by atoms with Crippen LogP contribution in [0.3, 0.4) is 0 Å². The van der Waals surface area contributed by atoms with Crippen molar-refractivity contribution in [3.8, 4) is 17.0 Å². The molecule has 1 aromatic heterocycles. The molecule has 0 aliphatic carbocycles. The molecule has 0 saturated heterocycles. The number of aromatic nitrogens is 1. The molecule has 2 N–H and O–H groups in total. The number of amides is 1. The molecule has 0 radical (unpaired) electrons. The minimum absolute atomic E-state index is 0.122. The number of hydrogen-bond acceptors (Lipinski definition) is 7. The standard InChI is InChI=1S/C27H23N3O6/c1-30(27(33)34)29-21-15-9-7-13-19(21)25(32)23-18-12-6-8-14-20(18)28-24(17-10-4-3-5-11-17)26(23)36-16-22(31)35-2/h3-15,29H,16H2,1-2H3,(H,33,34). The number of esters is 1. The van der Waals surface area contributed by atoms with E-state index in [9.17, 15) is 19.5 Å². The molecule has 4 aromatic rings. The minimum atomic E-state index is -1.22. The number of anilines is 1. The third-order valence-electron chi connectivity index (χ3n) is 5.43. The Morgan fingerprint density at radius 2 is 1.61 bits per heavy atom. The average Bonchev–Trinajstić information content (AvgIpc) is 2.91. The number of pyridine rings is 1. The molecular formula is C27H23N3O6. The lowest BCUT2D eigenvalue weighted by Crippen LogP contribution is -2.31. The second-order valence-electron chi connectivity index (χ2n) is 7.74. The van der Waals surface area contributed by atoms with Gasteiger partial charge in [-0.15, -0.1) is 0 Å². The summed E-state index contributed by atoms with van der Waals surface area (Å²) in [7, 11) is 2.57. The quantitative estimate of drug-likeness (QED) is 0.211. The van der Waals surface area contributed by atoms with E-state index in [1.807, 2.05) is 36.4 Å². The first-order valence-electron chi connectivity index (χ1n) is 11.0. The maximum absolute atomic E-state index is 14.1. The van der Waals surface area contributed by atoms with Gasteiger partial charge in [-0.25, -0.2) is 19.6 Å². The summed E-state index contributed by atoms with van der Waals surface area (Å²) in [5.41, 5.74) is 5.03. The summed E-state index contributed by atoms with van der Waals surface area (Å²) in [5, 5.41) is 10.7. The minimum Gasteiger partial charge on any atom is -0.479 e. The van der Waals surface area contributed by atoms with Gasteiger partial charge in [-0.2, -0.15) is 0 Å². The van der Waals surface area contributed by atoms with Crippen molar-refractivity contribution in [1.29, 1.82) is 0 Å². The van der Waals surface area contributed by atoms with Gasteiger partial charge >= 0.3 is 12.1 Å². The van der Waals surface area contributed by atoms with E-state index in [2.05, 4.69) is 5.43 Å². The summed E-state index contributed by atoms with van der Waals surface area (Å²) >= 11 is 0. The number of benzene rings is 3. The third-order valence-corrected chi connectivity index (χ3v) is 5.43. The van der Waals surface area contributed by atoms with Crippen molar-refractivity contribution in [3.05, 3.63) is 90.0 Å². The van der Waals surface area contributed by atoms with Gasteiger partial charge in [0.05, 0.1) is 23.9 Å². The van der Waals surface area contributed by atoms with E-state index in [-0.39, 0.29) is 22.6 Å². The van der Waals surface area contributed by atoms with Crippen molar-refractivity contribution < 1.29 is 29.0 Å². The number of nitrogens with one attached hydrogen (secondary N) is 1. The van der Waals surface area contributed by atoms with Gasteiger partial charge in [0.2, 0.25) is 0 Å². The Hall–Kier alpha value is -4.92. The highest BCUT2D eigenvalue weighted by Gasteiger charge is 2.26. The van der Waals surface area contributed by atoms with Crippen LogP contribution >= 0.6 is 0 Å². The van der Waals surface area contributed by atoms with Gasteiger partial charge in [-0.05, 0) is 18.2 Å². The number of methoxy groups -OCH3 is 1. The SMILES string of the molecule is COC(=O)COc1c(-c2ccccc2)nc2ccccc2c1C(=O)c1ccccc1NN(C)C(=O)O. The van der Waals surface area contributed by atoms with Crippen molar-refractivity contribution >= 4 is 34.4 Å². The van der Waals surface area contributed by atoms with Crippen molar-refractivity contribution in [2.24, 2.45) is 0 Å². The highest BCUT2D eigenvalue weighted by molar-refractivity contribution is 6.21. The zero-order valence-corrected chi connectivity index (χ0v) is 19.6. The number of nitrogens with zero attached hydrogens (tertiary/aromatic N) is 2. The van der Waals surface area contributed by atoms with Crippen LogP contribution in [0.4, 0.5) is 10.5 Å². The van der Waals surface area contributed by atoms with Crippen LogP contribution in [0.25, 0.3) is 22.2 Å². The topological polar surface area (TPSA) is 118 Å². The number of hydrazine groups is 1. The highest BCUT2D eigenvalue weighted by atomic mass is 16.6. The molecule has 0 atom stereocenters. The van der Waals surface area contributed by atoms with Crippen LogP contribution in [-0.2, 0) is 9.53 Å². The van der Waals surface area contributed by atoms with Gasteiger partial charge in [0.1, 0.15) is 5.69 Å². The number of carboxylic acid groups (broad SMARTS) is 1. The zero-order valence-electron chi connectivity index (χ0n) is 19.6. The Morgan fingerprint density at radius 3 is 2.33 bits per heavy atom. The summed E-state index contributed by atoms with van der Waals surface area (Å²) in [6, 6.07) is 22.8. The summed E-state index contributed by atoms with van der Waals surface area (Å²) in [6.07, 6.45) is -1.22. The van der Waals surface area contributed by atoms with Crippen LogP contribution in [0.2, 0.25) is 0 Å². The smallest absolute Gasteiger partial charge is 0.425 e. The van der Waals surface area contributed by atoms with Crippen LogP contribution in [0.5, 0.6) is 5.75 Å². The molecule has 0 bridgehead atoms. The summed E-state index contributed by atoms with van der Waals surface area (Å²) in [5.74, 6) is -0.935. The van der Waals surface area contributed by atoms with Crippen LogP contribution < -0.4 is 10.2 Å². The first-order chi connectivity index (χ1) is 17.4. The fourth-order valence-electron chi connectivity index (χ4n) is 3.68. The van der Waals surface area contributed by atoms with Crippen molar-refractivity contribution in [3.63, 3.8) is 0 Å². The first kappa shape index (κ1) is 24.2. The summed E-state index contributed by atoms with van der Waals surface area (Å²) < 4.78 is 10.6. The van der Waals surface area contributed by atoms with Gasteiger partial charge in [0.15, 0.2) is 18.1 Å². The lowest BCUT2D eigenvalue weighted by atomic mass is 9.95. The molecule has 0 aliphatic heterocycles. The Kier molecular flexibility index (Phi) is 7.10. The molecule has 0 aliphatic rings. The van der Waals surface area contributed by atoms with Crippen LogP contribution in [0, 0.1) is 0 Å². The number of carbonyl (C=O) groups excluding carboxylic acids is 2. The van der Waals surface area contributed by atoms with Gasteiger partial charge in [-0.1, -0.05) is 60.7 Å². The number of hydrogen-bond donors (Lipinski definition) is 2. The fraction of sp³-hybridized carbons (Fsp3) is 0.111. The molecule has 0 saturated carbocycles. The van der Waals surface area contributed by atoms with Crippen molar-refractivity contribution in [2.45, 2.75) is 0 Å². The summed E-state index contributed by atoms with van der Waals surface area (Å²) in [4.78, 5) is 42.2. The van der Waals surface area contributed by atoms with Crippen LogP contribution in [0.15, 0.2) is 78.9 Å². The maximum atomic E-state index is 14.1. The Bertz CT molecular complexity index is 1440. The predicted octanol–water partition coefficient (Wildman–Crippen LogP) is 4.62. The largest absolute Gasteiger partial charge is 0.479 e. The number of ketones is 1. The van der Waals surface area contributed by atoms with E-state index < -0.39 is 24.5 Å². The van der Waals surface area contributed by atoms with Gasteiger partial charge in [0, 0.05) is 23.6 Å². The molecule has 9 nitrogen and oxygen atoms in total. The maximum Gasteiger partial charge on any atom is 0.425 e. The van der Waals surface area contributed by atoms with Gasteiger partial charge in [-0.3, -0.25) is 10.2 Å². The van der Waals surface area contributed by atoms with E-state index in [1.165, 1.54) is 14.2 Å². The second kappa shape index (κ2) is 10.6. The predicted molar refractivity (Wildman–Crippen MR) is 134 cm³/mol. The normalized spacial score (nSPS) is 10.5. The van der Waals surface area contributed by atoms with E-state index in [0.29, 0.717) is 22.2 Å². The molecule has 36 heavy (non-hydrogen) atoms. The van der Waals surface area contributed by atoms with Crippen LogP contribution in [0.1, 0.15) is 15.9 Å². The second-order valence-corrected chi connectivity index (χ2v) is 7.74. The monoisotopic (exact) mass is 485 g/mol. The molecule has 0 unspecified atom stereocenters. The number of rotatable bonds is 8. The number of para-hydroxylation sites is 2. The van der Waals surface area contributed by atoms with Crippen LogP contribution in [-0.4, -0.2) is 53.7 Å². The zero-order chi connectivity index (χ0) is 25.7. The van der Waals surface area contributed by atoms with Crippen molar-refractivity contribution in [1.82, 2.24) is 9.99 Å². The lowest BCUT2D eigenvalue weighted by Gasteiger charge is -2.20. The molecule has 182 valence electrons. The Morgan fingerprint density at radius 1 is 0.944 bits per heavy atom. The third kappa shape index (κ3) is 4.95. The average molecular weight is 485 g/mol. The highest BCUT2D eigenvalue weighted by Crippen LogP contribution is 2.38. The Labute approximate surface area is 206 Å².